The summed E-state index contributed by atoms with van der Waals surface area (Å²) in [7, 11) is 0. The fourth-order valence-electron chi connectivity index (χ4n) is 2.24. The van der Waals surface area contributed by atoms with Crippen LogP contribution in [0.15, 0.2) is 29.6 Å². The van der Waals surface area contributed by atoms with Crippen LogP contribution in [0.3, 0.4) is 0 Å². The lowest BCUT2D eigenvalue weighted by atomic mass is 10.1. The molecule has 0 fully saturated rings. The Morgan fingerprint density at radius 2 is 2.00 bits per heavy atom. The molecule has 0 unspecified atom stereocenters. The van der Waals surface area contributed by atoms with E-state index >= 15 is 0 Å². The van der Waals surface area contributed by atoms with Gasteiger partial charge in [-0.25, -0.2) is 4.98 Å². The van der Waals surface area contributed by atoms with Crippen LogP contribution in [0.2, 0.25) is 0 Å². The summed E-state index contributed by atoms with van der Waals surface area (Å²) in [5.74, 6) is -0.811. The first-order valence-corrected chi connectivity index (χ1v) is 7.51. The number of aryl methyl sites for hydroxylation is 3. The minimum absolute atomic E-state index is 0.0189. The number of hydrogen-bond donors (Lipinski definition) is 1. The maximum Gasteiger partial charge on any atom is 0.313 e. The van der Waals surface area contributed by atoms with E-state index in [0.29, 0.717) is 0 Å². The Morgan fingerprint density at radius 3 is 2.55 bits per heavy atom. The van der Waals surface area contributed by atoms with Crippen molar-refractivity contribution in [2.75, 3.05) is 5.75 Å². The van der Waals surface area contributed by atoms with Gasteiger partial charge in [0.1, 0.15) is 0 Å². The van der Waals surface area contributed by atoms with Crippen molar-refractivity contribution >= 4 is 17.7 Å². The van der Waals surface area contributed by atoms with Crippen molar-refractivity contribution in [2.45, 2.75) is 32.3 Å². The molecule has 0 atom stereocenters. The predicted molar refractivity (Wildman–Crippen MR) is 80.8 cm³/mol. The van der Waals surface area contributed by atoms with Crippen molar-refractivity contribution in [1.29, 1.82) is 0 Å². The maximum absolute atomic E-state index is 10.8. The summed E-state index contributed by atoms with van der Waals surface area (Å²) in [5, 5.41) is 9.59. The van der Waals surface area contributed by atoms with Crippen LogP contribution in [0.5, 0.6) is 0 Å². The third-order valence-electron chi connectivity index (χ3n) is 3.15. The Kier molecular flexibility index (Phi) is 4.49. The molecule has 5 heteroatoms. The van der Waals surface area contributed by atoms with E-state index in [1.807, 2.05) is 12.3 Å². The zero-order chi connectivity index (χ0) is 14.7. The van der Waals surface area contributed by atoms with Gasteiger partial charge in [-0.15, -0.1) is 0 Å². The number of para-hydroxylation sites is 1. The number of carboxylic acids is 1. The number of carbonyl (C=O) groups is 1. The molecule has 20 heavy (non-hydrogen) atoms. The van der Waals surface area contributed by atoms with Gasteiger partial charge in [0.15, 0.2) is 5.16 Å². The van der Waals surface area contributed by atoms with Crippen LogP contribution in [0, 0.1) is 13.8 Å². The summed E-state index contributed by atoms with van der Waals surface area (Å²) < 4.78 is 2.08. The molecule has 0 spiro atoms. The fraction of sp³-hybridized carbons (Fsp3) is 0.333. The quantitative estimate of drug-likeness (QED) is 0.859. The van der Waals surface area contributed by atoms with Gasteiger partial charge >= 0.3 is 5.97 Å². The van der Waals surface area contributed by atoms with Crippen molar-refractivity contribution in [3.05, 3.63) is 41.2 Å². The number of thioether (sulfide) groups is 1. The summed E-state index contributed by atoms with van der Waals surface area (Å²) in [4.78, 5) is 15.2. The monoisotopic (exact) mass is 290 g/mol. The highest BCUT2D eigenvalue weighted by Crippen LogP contribution is 2.27. The summed E-state index contributed by atoms with van der Waals surface area (Å²) >= 11 is 1.26. The normalized spacial score (nSPS) is 10.8. The number of hydrogen-bond acceptors (Lipinski definition) is 3. The molecule has 1 aromatic carbocycles. The Hall–Kier alpha value is -1.75. The molecule has 0 aliphatic rings. The van der Waals surface area contributed by atoms with Crippen molar-refractivity contribution in [3.63, 3.8) is 0 Å². The van der Waals surface area contributed by atoms with E-state index in [-0.39, 0.29) is 5.75 Å². The molecule has 2 aromatic rings. The van der Waals surface area contributed by atoms with Gasteiger partial charge in [-0.1, -0.05) is 36.9 Å². The Bertz CT molecular complexity index is 615. The van der Waals surface area contributed by atoms with Crippen LogP contribution in [0.25, 0.3) is 5.69 Å². The number of carboxylic acid groups (broad SMARTS) is 1. The van der Waals surface area contributed by atoms with Gasteiger partial charge in [0.2, 0.25) is 0 Å². The van der Waals surface area contributed by atoms with Gasteiger partial charge in [0, 0.05) is 11.9 Å². The fourth-order valence-corrected chi connectivity index (χ4v) is 2.96. The average molecular weight is 290 g/mol. The zero-order valence-corrected chi connectivity index (χ0v) is 12.7. The topological polar surface area (TPSA) is 55.1 Å². The SMILES string of the molecule is CCc1cnc(SCC(=O)O)n1-c1c(C)cccc1C. The highest BCUT2D eigenvalue weighted by atomic mass is 32.2. The van der Waals surface area contributed by atoms with Gasteiger partial charge in [-0.05, 0) is 31.4 Å². The smallest absolute Gasteiger partial charge is 0.313 e. The summed E-state index contributed by atoms with van der Waals surface area (Å²) in [6.45, 7) is 6.20. The first-order valence-electron chi connectivity index (χ1n) is 6.52. The average Bonchev–Trinajstić information content (AvgIpc) is 2.79. The van der Waals surface area contributed by atoms with E-state index in [9.17, 15) is 4.79 Å². The minimum atomic E-state index is -0.830. The van der Waals surface area contributed by atoms with Crippen LogP contribution in [-0.2, 0) is 11.2 Å². The van der Waals surface area contributed by atoms with Crippen molar-refractivity contribution in [3.8, 4) is 5.69 Å². The molecule has 4 nitrogen and oxygen atoms in total. The van der Waals surface area contributed by atoms with Gasteiger partial charge in [-0.2, -0.15) is 0 Å². The van der Waals surface area contributed by atoms with Crippen molar-refractivity contribution in [1.82, 2.24) is 9.55 Å². The molecule has 0 saturated carbocycles. The lowest BCUT2D eigenvalue weighted by Gasteiger charge is -2.16. The molecule has 0 radical (unpaired) electrons. The maximum atomic E-state index is 10.8. The second-order valence-corrected chi connectivity index (χ2v) is 5.59. The number of rotatable bonds is 5. The van der Waals surface area contributed by atoms with E-state index < -0.39 is 5.97 Å². The zero-order valence-electron chi connectivity index (χ0n) is 11.9. The Morgan fingerprint density at radius 1 is 1.35 bits per heavy atom. The van der Waals surface area contributed by atoms with Gasteiger partial charge in [0.05, 0.1) is 11.4 Å². The van der Waals surface area contributed by atoms with Gasteiger partial charge < -0.3 is 5.11 Å². The first kappa shape index (κ1) is 14.7. The molecular weight excluding hydrogens is 272 g/mol. The second-order valence-electron chi connectivity index (χ2n) is 4.64. The molecule has 2 rings (SSSR count). The summed E-state index contributed by atoms with van der Waals surface area (Å²) in [6.07, 6.45) is 2.68. The Balaban J connectivity index is 2.53. The van der Waals surface area contributed by atoms with E-state index in [1.54, 1.807) is 0 Å². The lowest BCUT2D eigenvalue weighted by Crippen LogP contribution is -2.07. The molecule has 0 bridgehead atoms. The molecular formula is C15H18N2O2S. The molecule has 0 aliphatic heterocycles. The molecule has 0 amide bonds. The Labute approximate surface area is 122 Å². The molecule has 106 valence electrons. The predicted octanol–water partition coefficient (Wildman–Crippen LogP) is 3.23. The number of benzene rings is 1. The number of aliphatic carboxylic acids is 1. The summed E-state index contributed by atoms with van der Waals surface area (Å²) in [5.41, 5.74) is 4.52. The van der Waals surface area contributed by atoms with E-state index in [2.05, 4.69) is 42.5 Å². The van der Waals surface area contributed by atoms with Gasteiger partial charge in [0.25, 0.3) is 0 Å². The number of aromatic nitrogens is 2. The molecule has 1 aromatic heterocycles. The number of nitrogens with zero attached hydrogens (tertiary/aromatic N) is 2. The van der Waals surface area contributed by atoms with Crippen LogP contribution < -0.4 is 0 Å². The third kappa shape index (κ3) is 2.88. The molecule has 1 heterocycles. The van der Waals surface area contributed by atoms with Crippen LogP contribution in [-0.4, -0.2) is 26.4 Å². The first-order chi connectivity index (χ1) is 9.54. The van der Waals surface area contributed by atoms with E-state index in [4.69, 9.17) is 5.11 Å². The van der Waals surface area contributed by atoms with Crippen molar-refractivity contribution in [2.24, 2.45) is 0 Å². The molecule has 1 N–H and O–H groups in total. The highest BCUT2D eigenvalue weighted by Gasteiger charge is 2.15. The molecule has 0 saturated heterocycles. The third-order valence-corrected chi connectivity index (χ3v) is 4.09. The van der Waals surface area contributed by atoms with Crippen LogP contribution >= 0.6 is 11.8 Å². The lowest BCUT2D eigenvalue weighted by molar-refractivity contribution is -0.133. The number of imidazole rings is 1. The van der Waals surface area contributed by atoms with E-state index in [1.165, 1.54) is 11.8 Å². The standard InChI is InChI=1S/C15H18N2O2S/c1-4-12-8-16-15(20-9-13(18)19)17(12)14-10(2)6-5-7-11(14)3/h5-8H,4,9H2,1-3H3,(H,18,19). The second kappa shape index (κ2) is 6.13. The largest absolute Gasteiger partial charge is 0.481 e. The van der Waals surface area contributed by atoms with Gasteiger partial charge in [-0.3, -0.25) is 9.36 Å². The summed E-state index contributed by atoms with van der Waals surface area (Å²) in [6, 6.07) is 6.15. The van der Waals surface area contributed by atoms with Crippen molar-refractivity contribution < 1.29 is 9.90 Å². The minimum Gasteiger partial charge on any atom is -0.481 e. The van der Waals surface area contributed by atoms with E-state index in [0.717, 1.165) is 34.1 Å². The van der Waals surface area contributed by atoms with Crippen LogP contribution in [0.4, 0.5) is 0 Å². The van der Waals surface area contributed by atoms with Crippen LogP contribution in [0.1, 0.15) is 23.7 Å². The molecule has 0 aliphatic carbocycles. The highest BCUT2D eigenvalue weighted by molar-refractivity contribution is 7.99.